The fourth-order valence-corrected chi connectivity index (χ4v) is 14.5. The summed E-state index contributed by atoms with van der Waals surface area (Å²) in [5, 5.41) is 20.5. The van der Waals surface area contributed by atoms with Gasteiger partial charge in [-0.05, 0) is 31.6 Å². The van der Waals surface area contributed by atoms with Crippen LogP contribution in [0.2, 0.25) is 0 Å². The number of aliphatic hydroxyl groups is 1. The zero-order valence-corrected chi connectivity index (χ0v) is 60.8. The summed E-state index contributed by atoms with van der Waals surface area (Å²) >= 11 is 0. The molecule has 0 spiro atoms. The molecule has 0 aromatic heterocycles. The Labute approximate surface area is 550 Å². The molecular formula is C83H166O4. The lowest BCUT2D eigenvalue weighted by Gasteiger charge is -2.22. The van der Waals surface area contributed by atoms with E-state index in [-0.39, 0.29) is 0 Å². The van der Waals surface area contributed by atoms with E-state index in [1.807, 2.05) is 7.11 Å². The maximum Gasteiger partial charge on any atom is 0.309 e. The second-order valence-electron chi connectivity index (χ2n) is 29.5. The van der Waals surface area contributed by atoms with Crippen molar-refractivity contribution in [1.82, 2.24) is 0 Å². The molecule has 0 bridgehead atoms. The monoisotopic (exact) mass is 1230 g/mol. The minimum absolute atomic E-state index is 0.470. The van der Waals surface area contributed by atoms with Gasteiger partial charge >= 0.3 is 5.97 Å². The second-order valence-corrected chi connectivity index (χ2v) is 29.5. The molecule has 0 rings (SSSR count). The lowest BCUT2D eigenvalue weighted by Crippen LogP contribution is -2.28. The molecule has 0 aliphatic carbocycles. The summed E-state index contributed by atoms with van der Waals surface area (Å²) in [7, 11) is 1.96. The number of hydrogen-bond acceptors (Lipinski definition) is 3. The minimum atomic E-state index is -0.800. The van der Waals surface area contributed by atoms with Crippen LogP contribution in [0.25, 0.3) is 0 Å². The number of aliphatic hydroxyl groups excluding tert-OH is 1. The Bertz CT molecular complexity index is 1240. The minimum Gasteiger partial charge on any atom is -0.481 e. The number of carboxylic acid groups (broad SMARTS) is 1. The number of methoxy groups -OCH3 is 1. The molecule has 4 heteroatoms. The number of rotatable bonds is 79. The van der Waals surface area contributed by atoms with Crippen LogP contribution in [0.1, 0.15) is 496 Å². The van der Waals surface area contributed by atoms with Gasteiger partial charge in [-0.25, -0.2) is 0 Å². The summed E-state index contributed by atoms with van der Waals surface area (Å²) in [6, 6.07) is 0. The summed E-state index contributed by atoms with van der Waals surface area (Å²) in [6.07, 6.45) is 102. The smallest absolute Gasteiger partial charge is 0.309 e. The third-order valence-electron chi connectivity index (χ3n) is 20.8. The van der Waals surface area contributed by atoms with Gasteiger partial charge in [-0.1, -0.05) is 470 Å². The molecular weight excluding hydrogens is 1060 g/mol. The van der Waals surface area contributed by atoms with Crippen molar-refractivity contribution in [1.29, 1.82) is 0 Å². The molecule has 0 aromatic rings. The SMILES string of the molecule is CCCCCCCCCCCCCCCCCCCCC(C)C(CCCCCCCCCCCCCCCCCCCCCCCCCCCCCCCCCCCCC(O)C(CCCCCCCCCCCCCCCCCCCC)C(=O)O)OC. The van der Waals surface area contributed by atoms with Crippen LogP contribution in [0.3, 0.4) is 0 Å². The van der Waals surface area contributed by atoms with Crippen molar-refractivity contribution in [2.75, 3.05) is 7.11 Å². The van der Waals surface area contributed by atoms with Crippen molar-refractivity contribution >= 4 is 5.97 Å². The van der Waals surface area contributed by atoms with E-state index in [0.29, 0.717) is 24.9 Å². The predicted octanol–water partition coefficient (Wildman–Crippen LogP) is 29.6. The van der Waals surface area contributed by atoms with E-state index in [0.717, 1.165) is 25.7 Å². The van der Waals surface area contributed by atoms with Gasteiger partial charge < -0.3 is 14.9 Å². The molecule has 0 aliphatic heterocycles. The molecule has 0 radical (unpaired) electrons. The van der Waals surface area contributed by atoms with Gasteiger partial charge in [-0.15, -0.1) is 0 Å². The highest BCUT2D eigenvalue weighted by atomic mass is 16.5. The van der Waals surface area contributed by atoms with Gasteiger partial charge in [0, 0.05) is 7.11 Å². The molecule has 0 aromatic carbocycles. The first-order valence-corrected chi connectivity index (χ1v) is 41.4. The number of carboxylic acids is 1. The van der Waals surface area contributed by atoms with Gasteiger partial charge in [-0.2, -0.15) is 0 Å². The molecule has 0 aliphatic rings. The number of ether oxygens (including phenoxy) is 1. The topological polar surface area (TPSA) is 66.8 Å². The van der Waals surface area contributed by atoms with Crippen LogP contribution in [0.5, 0.6) is 0 Å². The third kappa shape index (κ3) is 69.6. The molecule has 4 atom stereocenters. The number of unbranched alkanes of at least 4 members (excludes halogenated alkanes) is 67. The average molecular weight is 1230 g/mol. The van der Waals surface area contributed by atoms with Crippen LogP contribution in [-0.4, -0.2) is 35.5 Å². The largest absolute Gasteiger partial charge is 0.481 e. The predicted molar refractivity (Wildman–Crippen MR) is 390 cm³/mol. The van der Waals surface area contributed by atoms with Crippen molar-refractivity contribution < 1.29 is 19.7 Å². The van der Waals surface area contributed by atoms with Crippen molar-refractivity contribution in [3.8, 4) is 0 Å². The Balaban J connectivity index is 3.37. The van der Waals surface area contributed by atoms with Crippen LogP contribution in [-0.2, 0) is 9.53 Å². The summed E-state index contributed by atoms with van der Waals surface area (Å²) in [6.45, 7) is 7.05. The zero-order chi connectivity index (χ0) is 62.9. The summed E-state index contributed by atoms with van der Waals surface area (Å²) in [5.41, 5.74) is 0. The fourth-order valence-electron chi connectivity index (χ4n) is 14.5. The van der Waals surface area contributed by atoms with E-state index in [1.165, 1.54) is 437 Å². The summed E-state index contributed by atoms with van der Waals surface area (Å²) < 4.78 is 5.99. The third-order valence-corrected chi connectivity index (χ3v) is 20.8. The highest BCUT2D eigenvalue weighted by Crippen LogP contribution is 2.25. The van der Waals surface area contributed by atoms with Gasteiger partial charge in [0.15, 0.2) is 0 Å². The first-order valence-electron chi connectivity index (χ1n) is 41.4. The first kappa shape index (κ1) is 86.4. The first-order chi connectivity index (χ1) is 43.0. The highest BCUT2D eigenvalue weighted by Gasteiger charge is 2.25. The molecule has 0 saturated heterocycles. The number of carbonyl (C=O) groups is 1. The van der Waals surface area contributed by atoms with Crippen LogP contribution < -0.4 is 0 Å². The zero-order valence-electron chi connectivity index (χ0n) is 60.8. The van der Waals surface area contributed by atoms with Crippen LogP contribution in [0, 0.1) is 11.8 Å². The number of hydrogen-bond donors (Lipinski definition) is 2. The molecule has 0 heterocycles. The van der Waals surface area contributed by atoms with E-state index in [9.17, 15) is 15.0 Å². The van der Waals surface area contributed by atoms with E-state index >= 15 is 0 Å². The van der Waals surface area contributed by atoms with Crippen molar-refractivity contribution in [3.05, 3.63) is 0 Å². The van der Waals surface area contributed by atoms with Crippen LogP contribution in [0.4, 0.5) is 0 Å². The Kier molecular flexibility index (Phi) is 75.6. The van der Waals surface area contributed by atoms with Gasteiger partial charge in [0.1, 0.15) is 0 Å². The Morgan fingerprint density at radius 3 is 0.598 bits per heavy atom. The van der Waals surface area contributed by atoms with Crippen LogP contribution in [0.15, 0.2) is 0 Å². The van der Waals surface area contributed by atoms with Crippen molar-refractivity contribution in [2.24, 2.45) is 11.8 Å². The molecule has 2 N–H and O–H groups in total. The molecule has 87 heavy (non-hydrogen) atoms. The molecule has 4 nitrogen and oxygen atoms in total. The van der Waals surface area contributed by atoms with Crippen molar-refractivity contribution in [3.63, 3.8) is 0 Å². The van der Waals surface area contributed by atoms with E-state index in [4.69, 9.17) is 4.74 Å². The number of aliphatic carboxylic acids is 1. The quantitative estimate of drug-likeness (QED) is 0.0596. The van der Waals surface area contributed by atoms with Gasteiger partial charge in [-0.3, -0.25) is 4.79 Å². The summed E-state index contributed by atoms with van der Waals surface area (Å²) in [5.74, 6) is -0.671. The van der Waals surface area contributed by atoms with Crippen LogP contribution >= 0.6 is 0 Å². The molecule has 0 saturated carbocycles. The Hall–Kier alpha value is -0.610. The maximum atomic E-state index is 11.9. The van der Waals surface area contributed by atoms with E-state index in [1.54, 1.807) is 0 Å². The fraction of sp³-hybridized carbons (Fsp3) is 0.988. The normalized spacial score (nSPS) is 13.3. The average Bonchev–Trinajstić information content (AvgIpc) is 3.53. The molecule has 4 unspecified atom stereocenters. The van der Waals surface area contributed by atoms with E-state index in [2.05, 4.69) is 20.8 Å². The molecule has 0 fully saturated rings. The van der Waals surface area contributed by atoms with E-state index < -0.39 is 18.0 Å². The lowest BCUT2D eigenvalue weighted by molar-refractivity contribution is -0.146. The standard InChI is InChI=1S/C83H166O4/c1-5-7-9-11-13-15-17-19-21-23-43-47-51-55-59-63-67-71-75-79(3)82(87-4)78-74-70-66-62-58-54-50-46-42-40-38-36-34-32-30-28-26-25-27-29-31-33-35-37-39-41-45-49-53-57-61-65-69-73-77-81(84)80(83(85)86)76-72-68-64-60-56-52-48-44-24-22-20-18-16-14-12-10-8-6-2/h79-82,84H,5-78H2,1-4H3,(H,85,86). The lowest BCUT2D eigenvalue weighted by atomic mass is 9.91. The maximum absolute atomic E-state index is 11.9. The Morgan fingerprint density at radius 1 is 0.253 bits per heavy atom. The highest BCUT2D eigenvalue weighted by molar-refractivity contribution is 5.70. The second kappa shape index (κ2) is 76.1. The van der Waals surface area contributed by atoms with Gasteiger partial charge in [0.05, 0.1) is 18.1 Å². The van der Waals surface area contributed by atoms with Gasteiger partial charge in [0.2, 0.25) is 0 Å². The molecule has 522 valence electrons. The summed E-state index contributed by atoms with van der Waals surface area (Å²) in [4.78, 5) is 11.9. The van der Waals surface area contributed by atoms with Gasteiger partial charge in [0.25, 0.3) is 0 Å². The van der Waals surface area contributed by atoms with Crippen molar-refractivity contribution in [2.45, 2.75) is 508 Å². The Morgan fingerprint density at radius 2 is 0.414 bits per heavy atom. The molecule has 0 amide bonds.